The highest BCUT2D eigenvalue weighted by molar-refractivity contribution is 6.74. The first-order valence-corrected chi connectivity index (χ1v) is 13.4. The lowest BCUT2D eigenvalue weighted by Gasteiger charge is -2.48. The lowest BCUT2D eigenvalue weighted by molar-refractivity contribution is -0.136. The van der Waals surface area contributed by atoms with Crippen molar-refractivity contribution in [3.8, 4) is 0 Å². The van der Waals surface area contributed by atoms with Crippen molar-refractivity contribution in [2.24, 2.45) is 0 Å². The van der Waals surface area contributed by atoms with Gasteiger partial charge >= 0.3 is 0 Å². The van der Waals surface area contributed by atoms with Crippen LogP contribution in [0.25, 0.3) is 0 Å². The third-order valence-corrected chi connectivity index (χ3v) is 12.0. The van der Waals surface area contributed by atoms with Gasteiger partial charge in [0.15, 0.2) is 8.32 Å². The molecule has 2 aliphatic rings. The number of carbonyl (C=O) groups is 1. The highest BCUT2D eigenvalue weighted by Gasteiger charge is 2.58. The second-order valence-corrected chi connectivity index (χ2v) is 15.5. The Balaban J connectivity index is 1.96. The Labute approximate surface area is 170 Å². The van der Waals surface area contributed by atoms with Crippen molar-refractivity contribution in [2.45, 2.75) is 95.6 Å². The summed E-state index contributed by atoms with van der Waals surface area (Å²) in [6.45, 7) is 15.7. The third-order valence-electron chi connectivity index (χ3n) is 7.11. The summed E-state index contributed by atoms with van der Waals surface area (Å²) in [6, 6.07) is 8.16. The smallest absolute Gasteiger partial charge is 0.223 e. The van der Waals surface area contributed by atoms with Gasteiger partial charge in [0.25, 0.3) is 0 Å². The van der Waals surface area contributed by atoms with Crippen molar-refractivity contribution in [1.29, 1.82) is 0 Å². The van der Waals surface area contributed by atoms with E-state index in [1.165, 1.54) is 5.56 Å². The predicted octanol–water partition coefficient (Wildman–Crippen LogP) is 6.12. The largest absolute Gasteiger partial charge is 0.410 e. The van der Waals surface area contributed by atoms with Gasteiger partial charge in [0.1, 0.15) is 0 Å². The minimum absolute atomic E-state index is 0.0978. The molecule has 0 radical (unpaired) electrons. The molecule has 150 valence electrons. The van der Waals surface area contributed by atoms with E-state index in [4.69, 9.17) is 16.0 Å². The van der Waals surface area contributed by atoms with Gasteiger partial charge in [0.2, 0.25) is 5.91 Å². The molecule has 0 aliphatic carbocycles. The molecule has 2 saturated heterocycles. The number of carbonyl (C=O) groups excluding carboxylic acids is 1. The van der Waals surface area contributed by atoms with Crippen LogP contribution in [0.2, 0.25) is 23.2 Å². The summed E-state index contributed by atoms with van der Waals surface area (Å²) in [5.41, 5.74) is 0.579. The maximum absolute atomic E-state index is 13.0. The van der Waals surface area contributed by atoms with Gasteiger partial charge in [-0.2, -0.15) is 0 Å². The molecule has 2 fully saturated rings. The van der Waals surface area contributed by atoms with Crippen molar-refractivity contribution in [3.63, 3.8) is 0 Å². The summed E-state index contributed by atoms with van der Waals surface area (Å²) < 4.78 is 6.85. The third kappa shape index (κ3) is 3.49. The summed E-state index contributed by atoms with van der Waals surface area (Å²) >= 11 is 6.29. The number of benzene rings is 1. The maximum Gasteiger partial charge on any atom is 0.223 e. The van der Waals surface area contributed by atoms with Crippen LogP contribution in [0.4, 0.5) is 0 Å². The van der Waals surface area contributed by atoms with Crippen molar-refractivity contribution in [3.05, 3.63) is 34.9 Å². The van der Waals surface area contributed by atoms with Crippen molar-refractivity contribution in [2.75, 3.05) is 0 Å². The van der Waals surface area contributed by atoms with E-state index >= 15 is 0 Å². The van der Waals surface area contributed by atoms with Gasteiger partial charge in [-0.1, -0.05) is 44.5 Å². The van der Waals surface area contributed by atoms with E-state index in [1.807, 2.05) is 18.2 Å². The Kier molecular flexibility index (Phi) is 5.11. The van der Waals surface area contributed by atoms with E-state index in [0.29, 0.717) is 6.42 Å². The highest BCUT2D eigenvalue weighted by Crippen LogP contribution is 2.53. The zero-order valence-corrected chi connectivity index (χ0v) is 19.6. The maximum atomic E-state index is 13.0. The molecule has 1 amide bonds. The van der Waals surface area contributed by atoms with Crippen LogP contribution in [0.5, 0.6) is 0 Å². The van der Waals surface area contributed by atoms with E-state index in [2.05, 4.69) is 58.7 Å². The second-order valence-electron chi connectivity index (χ2n) is 10.3. The second kappa shape index (κ2) is 6.60. The number of fused-ring (bicyclic) bond motifs is 1. The number of halogens is 1. The Morgan fingerprint density at radius 2 is 1.85 bits per heavy atom. The molecule has 3 rings (SSSR count). The van der Waals surface area contributed by atoms with Crippen LogP contribution < -0.4 is 0 Å². The van der Waals surface area contributed by atoms with E-state index < -0.39 is 8.32 Å². The average Bonchev–Trinajstić information content (AvgIpc) is 3.05. The minimum Gasteiger partial charge on any atom is -0.410 e. The molecule has 2 heterocycles. The van der Waals surface area contributed by atoms with Crippen molar-refractivity contribution >= 4 is 25.8 Å². The monoisotopic (exact) mass is 407 g/mol. The fourth-order valence-corrected chi connectivity index (χ4v) is 6.71. The van der Waals surface area contributed by atoms with Crippen LogP contribution in [0, 0.1) is 0 Å². The Hall–Kier alpha value is -0.843. The van der Waals surface area contributed by atoms with Gasteiger partial charge < -0.3 is 9.33 Å². The topological polar surface area (TPSA) is 29.5 Å². The van der Waals surface area contributed by atoms with Crippen LogP contribution in [0.15, 0.2) is 24.3 Å². The molecule has 0 N–H and O–H groups in total. The van der Waals surface area contributed by atoms with Crippen LogP contribution in [-0.2, 0) is 14.8 Å². The Morgan fingerprint density at radius 1 is 1.19 bits per heavy atom. The van der Waals surface area contributed by atoms with Gasteiger partial charge in [-0.15, -0.1) is 0 Å². The quantitative estimate of drug-likeness (QED) is 0.562. The number of rotatable bonds is 4. The van der Waals surface area contributed by atoms with Crippen molar-refractivity contribution < 1.29 is 9.22 Å². The molecule has 0 bridgehead atoms. The molecule has 0 aromatic heterocycles. The SMILES string of the molecule is CC(C)(O[Si](C)(C)C(C)(C)C)[C@H]1CC[C@]2(c3cccc(Cl)c3)CCC(=O)N12. The first-order valence-electron chi connectivity index (χ1n) is 10.1. The van der Waals surface area contributed by atoms with E-state index in [0.717, 1.165) is 24.3 Å². The summed E-state index contributed by atoms with van der Waals surface area (Å²) in [5.74, 6) is 0.254. The number of hydrogen-bond acceptors (Lipinski definition) is 2. The van der Waals surface area contributed by atoms with E-state index in [1.54, 1.807) is 0 Å². The van der Waals surface area contributed by atoms with Gasteiger partial charge in [-0.3, -0.25) is 4.79 Å². The lowest BCUT2D eigenvalue weighted by Crippen LogP contribution is -2.57. The molecule has 2 aliphatic heterocycles. The van der Waals surface area contributed by atoms with Crippen LogP contribution in [-0.4, -0.2) is 30.8 Å². The standard InChI is InChI=1S/C22H34ClNO2Si/c1-20(2,3)27(6,7)26-21(4,5)18-11-13-22(14-12-19(25)24(18)22)16-9-8-10-17(23)15-16/h8-10,15,18H,11-14H2,1-7H3/t18-,22-/m1/s1. The van der Waals surface area contributed by atoms with Crippen LogP contribution in [0.3, 0.4) is 0 Å². The summed E-state index contributed by atoms with van der Waals surface area (Å²) in [6.07, 6.45) is 3.44. The van der Waals surface area contributed by atoms with Gasteiger partial charge in [0, 0.05) is 11.4 Å². The first kappa shape index (κ1) is 20.9. The fourth-order valence-electron chi connectivity index (χ4n) is 4.76. The average molecular weight is 408 g/mol. The number of nitrogens with zero attached hydrogens (tertiary/aromatic N) is 1. The van der Waals surface area contributed by atoms with Crippen LogP contribution in [0.1, 0.15) is 65.9 Å². The normalized spacial score (nSPS) is 26.6. The zero-order valence-electron chi connectivity index (χ0n) is 17.9. The summed E-state index contributed by atoms with van der Waals surface area (Å²) in [7, 11) is -1.95. The molecule has 5 heteroatoms. The number of amides is 1. The molecule has 0 spiro atoms. The lowest BCUT2D eigenvalue weighted by atomic mass is 9.86. The number of hydrogen-bond donors (Lipinski definition) is 0. The molecule has 3 nitrogen and oxygen atoms in total. The van der Waals surface area contributed by atoms with Crippen molar-refractivity contribution in [1.82, 2.24) is 4.90 Å². The van der Waals surface area contributed by atoms with Gasteiger partial charge in [-0.25, -0.2) is 0 Å². The predicted molar refractivity (Wildman–Crippen MR) is 115 cm³/mol. The minimum atomic E-state index is -1.95. The summed E-state index contributed by atoms with van der Waals surface area (Å²) in [4.78, 5) is 15.1. The Morgan fingerprint density at radius 3 is 2.44 bits per heavy atom. The fraction of sp³-hybridized carbons (Fsp3) is 0.682. The molecular formula is C22H34ClNO2Si. The molecule has 2 atom stereocenters. The summed E-state index contributed by atoms with van der Waals surface area (Å²) in [5, 5.41) is 0.878. The Bertz CT molecular complexity index is 740. The van der Waals surface area contributed by atoms with E-state index in [-0.39, 0.29) is 28.1 Å². The van der Waals surface area contributed by atoms with E-state index in [9.17, 15) is 4.79 Å². The molecular weight excluding hydrogens is 374 g/mol. The zero-order chi connectivity index (χ0) is 20.3. The molecule has 27 heavy (non-hydrogen) atoms. The molecule has 1 aromatic rings. The van der Waals surface area contributed by atoms with Crippen LogP contribution >= 0.6 is 11.6 Å². The van der Waals surface area contributed by atoms with Gasteiger partial charge in [-0.05, 0) is 68.9 Å². The molecule has 0 unspecified atom stereocenters. The molecule has 1 aromatic carbocycles. The van der Waals surface area contributed by atoms with Gasteiger partial charge in [0.05, 0.1) is 17.2 Å². The molecule has 0 saturated carbocycles. The first-order chi connectivity index (χ1) is 12.3. The highest BCUT2D eigenvalue weighted by atomic mass is 35.5.